The Balaban J connectivity index is 1.85. The van der Waals surface area contributed by atoms with Crippen LogP contribution in [0.1, 0.15) is 6.42 Å². The van der Waals surface area contributed by atoms with Crippen LogP contribution in [0.4, 0.5) is 5.69 Å². The standard InChI is InChI=1S/C12H12Cl2N4OS/c1-18-7-15-17-12(18)20-6-5-10(19)16-11-8(13)3-2-4-9(11)14/h2-4,7H,5-6H2,1H3,(H,16,19). The van der Waals surface area contributed by atoms with E-state index in [1.54, 1.807) is 29.1 Å². The number of aryl methyl sites for hydroxylation is 1. The van der Waals surface area contributed by atoms with Gasteiger partial charge in [0.15, 0.2) is 5.16 Å². The Kier molecular flexibility index (Phi) is 5.28. The van der Waals surface area contributed by atoms with Gasteiger partial charge in [-0.15, -0.1) is 10.2 Å². The number of nitrogens with one attached hydrogen (secondary N) is 1. The molecule has 1 aromatic heterocycles. The van der Waals surface area contributed by atoms with Crippen LogP contribution in [-0.2, 0) is 11.8 Å². The first-order chi connectivity index (χ1) is 9.58. The number of hydrogen-bond acceptors (Lipinski definition) is 4. The number of aromatic nitrogens is 3. The molecule has 0 bridgehead atoms. The van der Waals surface area contributed by atoms with E-state index in [1.807, 2.05) is 7.05 Å². The molecule has 5 nitrogen and oxygen atoms in total. The van der Waals surface area contributed by atoms with E-state index in [0.29, 0.717) is 27.9 Å². The van der Waals surface area contributed by atoms with Crippen molar-refractivity contribution in [2.75, 3.05) is 11.1 Å². The van der Waals surface area contributed by atoms with Gasteiger partial charge in [-0.25, -0.2) is 0 Å². The van der Waals surface area contributed by atoms with Crippen LogP contribution in [0.2, 0.25) is 10.0 Å². The summed E-state index contributed by atoms with van der Waals surface area (Å²) < 4.78 is 1.80. The first-order valence-corrected chi connectivity index (χ1v) is 7.52. The fraction of sp³-hybridized carbons (Fsp3) is 0.250. The summed E-state index contributed by atoms with van der Waals surface area (Å²) in [7, 11) is 1.85. The molecule has 8 heteroatoms. The van der Waals surface area contributed by atoms with Gasteiger partial charge in [0.05, 0.1) is 15.7 Å². The predicted molar refractivity (Wildman–Crippen MR) is 81.4 cm³/mol. The average Bonchev–Trinajstić information content (AvgIpc) is 2.80. The van der Waals surface area contributed by atoms with Gasteiger partial charge in [0.25, 0.3) is 0 Å². The lowest BCUT2D eigenvalue weighted by atomic mass is 10.3. The Hall–Kier alpha value is -1.24. The van der Waals surface area contributed by atoms with Crippen molar-refractivity contribution in [3.63, 3.8) is 0 Å². The monoisotopic (exact) mass is 330 g/mol. The number of nitrogens with zero attached hydrogens (tertiary/aromatic N) is 3. The van der Waals surface area contributed by atoms with Gasteiger partial charge in [-0.3, -0.25) is 4.79 Å². The largest absolute Gasteiger partial charge is 0.324 e. The van der Waals surface area contributed by atoms with Crippen molar-refractivity contribution >= 4 is 46.6 Å². The number of anilines is 1. The van der Waals surface area contributed by atoms with Gasteiger partial charge in [0.2, 0.25) is 5.91 Å². The number of amides is 1. The molecule has 0 unspecified atom stereocenters. The molecule has 1 aromatic carbocycles. The Morgan fingerprint density at radius 2 is 2.10 bits per heavy atom. The van der Waals surface area contributed by atoms with Crippen LogP contribution in [0.15, 0.2) is 29.7 Å². The first-order valence-electron chi connectivity index (χ1n) is 5.78. The van der Waals surface area contributed by atoms with E-state index in [9.17, 15) is 4.79 Å². The molecule has 0 radical (unpaired) electrons. The Morgan fingerprint density at radius 1 is 1.40 bits per heavy atom. The van der Waals surface area contributed by atoms with Crippen molar-refractivity contribution in [2.45, 2.75) is 11.6 Å². The molecule has 0 aliphatic heterocycles. The minimum atomic E-state index is -0.144. The van der Waals surface area contributed by atoms with Gasteiger partial charge in [0.1, 0.15) is 6.33 Å². The summed E-state index contributed by atoms with van der Waals surface area (Å²) in [4.78, 5) is 11.8. The summed E-state index contributed by atoms with van der Waals surface area (Å²) in [5.41, 5.74) is 0.449. The molecule has 0 aliphatic carbocycles. The van der Waals surface area contributed by atoms with E-state index in [0.717, 1.165) is 5.16 Å². The molecule has 1 heterocycles. The van der Waals surface area contributed by atoms with Gasteiger partial charge >= 0.3 is 0 Å². The second-order valence-corrected chi connectivity index (χ2v) is 5.84. The number of halogens is 2. The zero-order chi connectivity index (χ0) is 14.5. The minimum absolute atomic E-state index is 0.144. The zero-order valence-electron chi connectivity index (χ0n) is 10.6. The maximum atomic E-state index is 11.8. The van der Waals surface area contributed by atoms with E-state index < -0.39 is 0 Å². The summed E-state index contributed by atoms with van der Waals surface area (Å²) in [6.07, 6.45) is 1.95. The lowest BCUT2D eigenvalue weighted by molar-refractivity contribution is -0.115. The summed E-state index contributed by atoms with van der Waals surface area (Å²) >= 11 is 13.4. The number of rotatable bonds is 5. The van der Waals surface area contributed by atoms with Crippen LogP contribution in [0.25, 0.3) is 0 Å². The number of para-hydroxylation sites is 1. The third-order valence-electron chi connectivity index (χ3n) is 2.46. The molecule has 106 valence electrons. The Morgan fingerprint density at radius 3 is 2.70 bits per heavy atom. The molecule has 0 atom stereocenters. The highest BCUT2D eigenvalue weighted by molar-refractivity contribution is 7.99. The maximum Gasteiger partial charge on any atom is 0.225 e. The van der Waals surface area contributed by atoms with Crippen LogP contribution in [0.5, 0.6) is 0 Å². The number of hydrogen-bond donors (Lipinski definition) is 1. The minimum Gasteiger partial charge on any atom is -0.324 e. The van der Waals surface area contributed by atoms with Gasteiger partial charge in [-0.2, -0.15) is 0 Å². The molecule has 0 spiro atoms. The van der Waals surface area contributed by atoms with Crippen molar-refractivity contribution in [3.05, 3.63) is 34.6 Å². The molecule has 20 heavy (non-hydrogen) atoms. The quantitative estimate of drug-likeness (QED) is 0.855. The van der Waals surface area contributed by atoms with Gasteiger partial charge in [-0.1, -0.05) is 41.0 Å². The Labute approximate surface area is 130 Å². The van der Waals surface area contributed by atoms with Crippen LogP contribution in [-0.4, -0.2) is 26.4 Å². The van der Waals surface area contributed by atoms with Crippen molar-refractivity contribution in [1.29, 1.82) is 0 Å². The highest BCUT2D eigenvalue weighted by atomic mass is 35.5. The van der Waals surface area contributed by atoms with Crippen LogP contribution >= 0.6 is 35.0 Å². The molecule has 1 N–H and O–H groups in total. The summed E-state index contributed by atoms with van der Waals surface area (Å²) in [5.74, 6) is 0.454. The van der Waals surface area contributed by atoms with E-state index in [-0.39, 0.29) is 5.91 Å². The molecule has 0 fully saturated rings. The molecular weight excluding hydrogens is 319 g/mol. The second-order valence-electron chi connectivity index (χ2n) is 3.97. The predicted octanol–water partition coefficient (Wildman–Crippen LogP) is 3.24. The Bertz CT molecular complexity index is 597. The third kappa shape index (κ3) is 3.88. The summed E-state index contributed by atoms with van der Waals surface area (Å²) in [5, 5.41) is 12.0. The molecular formula is C12H12Cl2N4OS. The number of thioether (sulfide) groups is 1. The fourth-order valence-corrected chi connectivity index (χ4v) is 2.78. The van der Waals surface area contributed by atoms with E-state index >= 15 is 0 Å². The normalized spacial score (nSPS) is 10.6. The van der Waals surface area contributed by atoms with Crippen LogP contribution in [0.3, 0.4) is 0 Å². The average molecular weight is 331 g/mol. The molecule has 0 aliphatic rings. The van der Waals surface area contributed by atoms with Gasteiger partial charge in [0, 0.05) is 19.2 Å². The van der Waals surface area contributed by atoms with Crippen molar-refractivity contribution in [1.82, 2.24) is 14.8 Å². The number of carbonyl (C=O) groups is 1. The van der Waals surface area contributed by atoms with E-state index in [2.05, 4.69) is 15.5 Å². The lowest BCUT2D eigenvalue weighted by Gasteiger charge is -2.08. The van der Waals surface area contributed by atoms with Crippen LogP contribution in [0, 0.1) is 0 Å². The first kappa shape index (κ1) is 15.2. The summed E-state index contributed by atoms with van der Waals surface area (Å²) in [6, 6.07) is 5.08. The van der Waals surface area contributed by atoms with Crippen LogP contribution < -0.4 is 5.32 Å². The number of benzene rings is 1. The molecule has 2 aromatic rings. The van der Waals surface area contributed by atoms with Crippen molar-refractivity contribution < 1.29 is 4.79 Å². The SMILES string of the molecule is Cn1cnnc1SCCC(=O)Nc1c(Cl)cccc1Cl. The van der Waals surface area contributed by atoms with Crippen molar-refractivity contribution in [2.24, 2.45) is 7.05 Å². The van der Waals surface area contributed by atoms with E-state index in [1.165, 1.54) is 11.8 Å². The maximum absolute atomic E-state index is 11.8. The highest BCUT2D eigenvalue weighted by Gasteiger charge is 2.10. The smallest absolute Gasteiger partial charge is 0.225 e. The third-order valence-corrected chi connectivity index (χ3v) is 4.12. The summed E-state index contributed by atoms with van der Waals surface area (Å²) in [6.45, 7) is 0. The topological polar surface area (TPSA) is 59.8 Å². The van der Waals surface area contributed by atoms with Gasteiger partial charge < -0.3 is 9.88 Å². The zero-order valence-corrected chi connectivity index (χ0v) is 13.0. The number of carbonyl (C=O) groups excluding carboxylic acids is 1. The van der Waals surface area contributed by atoms with E-state index in [4.69, 9.17) is 23.2 Å². The molecule has 0 saturated carbocycles. The second kappa shape index (κ2) is 6.97. The highest BCUT2D eigenvalue weighted by Crippen LogP contribution is 2.29. The van der Waals surface area contributed by atoms with Crippen molar-refractivity contribution in [3.8, 4) is 0 Å². The lowest BCUT2D eigenvalue weighted by Crippen LogP contribution is -2.13. The molecule has 1 amide bonds. The van der Waals surface area contributed by atoms with Gasteiger partial charge in [-0.05, 0) is 12.1 Å². The fourth-order valence-electron chi connectivity index (χ4n) is 1.46. The molecule has 2 rings (SSSR count). The molecule has 0 saturated heterocycles.